The molecule has 0 spiro atoms. The third-order valence-electron chi connectivity index (χ3n) is 4.46. The summed E-state index contributed by atoms with van der Waals surface area (Å²) < 4.78 is 39.4. The number of primary amides is 1. The molecule has 1 aromatic heterocycles. The van der Waals surface area contributed by atoms with E-state index in [1.54, 1.807) is 24.3 Å². The van der Waals surface area contributed by atoms with E-state index in [1.165, 1.54) is 0 Å². The van der Waals surface area contributed by atoms with E-state index in [1.807, 2.05) is 6.92 Å². The van der Waals surface area contributed by atoms with Gasteiger partial charge in [-0.05, 0) is 49.2 Å². The highest BCUT2D eigenvalue weighted by molar-refractivity contribution is 6.30. The van der Waals surface area contributed by atoms with E-state index in [9.17, 15) is 13.6 Å². The molecular formula is C21H20ClF2N3O3. The summed E-state index contributed by atoms with van der Waals surface area (Å²) in [5.74, 6) is -3.31. The van der Waals surface area contributed by atoms with E-state index < -0.39 is 29.2 Å². The zero-order valence-electron chi connectivity index (χ0n) is 16.2. The number of amides is 1. The number of halogens is 3. The lowest BCUT2D eigenvalue weighted by molar-refractivity contribution is 0.0988. The number of carbonyl (C=O) groups is 1. The largest absolute Gasteiger partial charge is 0.477 e. The van der Waals surface area contributed by atoms with Gasteiger partial charge in [-0.1, -0.05) is 36.5 Å². The fourth-order valence-electron chi connectivity index (χ4n) is 2.90. The summed E-state index contributed by atoms with van der Waals surface area (Å²) in [5.41, 5.74) is 4.91. The molecule has 2 aromatic carbocycles. The number of nitrogens with zero attached hydrogens (tertiary/aromatic N) is 2. The van der Waals surface area contributed by atoms with Crippen LogP contribution in [0.1, 0.15) is 55.0 Å². The SMILES string of the molecule is CCCCCC(Oc1ccc(F)c(C(N)=O)c1F)c1nc(-c2ccc(Cl)cc2)no1. The molecule has 3 aromatic rings. The topological polar surface area (TPSA) is 91.2 Å². The quantitative estimate of drug-likeness (QED) is 0.450. The van der Waals surface area contributed by atoms with E-state index in [0.717, 1.165) is 31.4 Å². The minimum Gasteiger partial charge on any atom is -0.477 e. The van der Waals surface area contributed by atoms with Crippen LogP contribution < -0.4 is 10.5 Å². The van der Waals surface area contributed by atoms with E-state index in [-0.39, 0.29) is 11.6 Å². The van der Waals surface area contributed by atoms with E-state index >= 15 is 0 Å². The van der Waals surface area contributed by atoms with Gasteiger partial charge in [-0.25, -0.2) is 8.78 Å². The fraction of sp³-hybridized carbons (Fsp3) is 0.286. The van der Waals surface area contributed by atoms with Crippen molar-refractivity contribution in [2.24, 2.45) is 5.73 Å². The van der Waals surface area contributed by atoms with Gasteiger partial charge >= 0.3 is 0 Å². The van der Waals surface area contributed by atoms with Crippen molar-refractivity contribution in [3.63, 3.8) is 0 Å². The lowest BCUT2D eigenvalue weighted by atomic mass is 10.1. The van der Waals surface area contributed by atoms with Crippen LogP contribution in [0.25, 0.3) is 11.4 Å². The zero-order valence-corrected chi connectivity index (χ0v) is 17.0. The third kappa shape index (κ3) is 4.94. The number of rotatable bonds is 9. The number of ether oxygens (including phenoxy) is 1. The number of aromatic nitrogens is 2. The van der Waals surface area contributed by atoms with Crippen LogP contribution in [0.5, 0.6) is 5.75 Å². The van der Waals surface area contributed by atoms with Crippen molar-refractivity contribution < 1.29 is 22.8 Å². The Balaban J connectivity index is 1.90. The first kappa shape index (κ1) is 21.7. The van der Waals surface area contributed by atoms with Crippen molar-refractivity contribution in [3.8, 4) is 17.1 Å². The van der Waals surface area contributed by atoms with Gasteiger partial charge in [0.2, 0.25) is 5.82 Å². The first-order valence-corrected chi connectivity index (χ1v) is 9.82. The van der Waals surface area contributed by atoms with Crippen LogP contribution in [0.3, 0.4) is 0 Å². The predicted molar refractivity (Wildman–Crippen MR) is 107 cm³/mol. The van der Waals surface area contributed by atoms with Gasteiger partial charge in [0.05, 0.1) is 0 Å². The van der Waals surface area contributed by atoms with E-state index in [2.05, 4.69) is 10.1 Å². The van der Waals surface area contributed by atoms with E-state index in [4.69, 9.17) is 26.6 Å². The summed E-state index contributed by atoms with van der Waals surface area (Å²) in [4.78, 5) is 15.7. The summed E-state index contributed by atoms with van der Waals surface area (Å²) in [6.45, 7) is 2.04. The Labute approximate surface area is 177 Å². The molecule has 158 valence electrons. The van der Waals surface area contributed by atoms with Gasteiger partial charge in [-0.15, -0.1) is 0 Å². The van der Waals surface area contributed by atoms with Gasteiger partial charge in [0.1, 0.15) is 11.4 Å². The maximum absolute atomic E-state index is 14.6. The Hall–Kier alpha value is -3.00. The summed E-state index contributed by atoms with van der Waals surface area (Å²) in [6, 6.07) is 8.89. The second-order valence-corrected chi connectivity index (χ2v) is 7.10. The van der Waals surface area contributed by atoms with Gasteiger partial charge in [-0.3, -0.25) is 4.79 Å². The summed E-state index contributed by atoms with van der Waals surface area (Å²) in [6.07, 6.45) is 2.30. The molecule has 0 aliphatic carbocycles. The van der Waals surface area contributed by atoms with Crippen LogP contribution >= 0.6 is 11.6 Å². The number of hydrogen-bond acceptors (Lipinski definition) is 5. The Morgan fingerprint density at radius 1 is 1.20 bits per heavy atom. The summed E-state index contributed by atoms with van der Waals surface area (Å²) in [5, 5.41) is 4.52. The van der Waals surface area contributed by atoms with Crippen molar-refractivity contribution in [1.82, 2.24) is 10.1 Å². The molecule has 0 bridgehead atoms. The number of unbranched alkanes of at least 4 members (excludes halogenated alkanes) is 2. The van der Waals surface area contributed by atoms with Crippen molar-refractivity contribution >= 4 is 17.5 Å². The molecular weight excluding hydrogens is 416 g/mol. The molecule has 0 fully saturated rings. The third-order valence-corrected chi connectivity index (χ3v) is 4.71. The van der Waals surface area contributed by atoms with Crippen molar-refractivity contribution in [2.75, 3.05) is 0 Å². The molecule has 0 aliphatic heterocycles. The minimum absolute atomic E-state index is 0.139. The molecule has 0 aliphatic rings. The minimum atomic E-state index is -1.22. The van der Waals surface area contributed by atoms with Gasteiger partial charge in [0, 0.05) is 10.6 Å². The molecule has 3 rings (SSSR count). The van der Waals surface area contributed by atoms with Gasteiger partial charge in [-0.2, -0.15) is 4.98 Å². The Kier molecular flexibility index (Phi) is 6.99. The second-order valence-electron chi connectivity index (χ2n) is 6.66. The Morgan fingerprint density at radius 3 is 2.60 bits per heavy atom. The first-order chi connectivity index (χ1) is 14.4. The molecule has 1 atom stereocenters. The number of hydrogen-bond donors (Lipinski definition) is 1. The van der Waals surface area contributed by atoms with Crippen LogP contribution in [0.4, 0.5) is 8.78 Å². The molecule has 9 heteroatoms. The highest BCUT2D eigenvalue weighted by Gasteiger charge is 2.25. The molecule has 6 nitrogen and oxygen atoms in total. The lowest BCUT2D eigenvalue weighted by Crippen LogP contribution is -2.17. The van der Waals surface area contributed by atoms with Crippen molar-refractivity contribution in [2.45, 2.75) is 38.7 Å². The monoisotopic (exact) mass is 435 g/mol. The molecule has 1 amide bonds. The molecule has 2 N–H and O–H groups in total. The average molecular weight is 436 g/mol. The predicted octanol–water partition coefficient (Wildman–Crippen LogP) is 5.47. The molecule has 0 radical (unpaired) electrons. The average Bonchev–Trinajstić information content (AvgIpc) is 3.19. The molecule has 30 heavy (non-hydrogen) atoms. The first-order valence-electron chi connectivity index (χ1n) is 9.44. The van der Waals surface area contributed by atoms with Crippen molar-refractivity contribution in [1.29, 1.82) is 0 Å². The van der Waals surface area contributed by atoms with Gasteiger partial charge in [0.25, 0.3) is 11.8 Å². The Morgan fingerprint density at radius 2 is 1.93 bits per heavy atom. The number of benzene rings is 2. The van der Waals surface area contributed by atoms with Crippen LogP contribution in [0.2, 0.25) is 5.02 Å². The number of carbonyl (C=O) groups excluding carboxylic acids is 1. The normalized spacial score (nSPS) is 12.0. The molecule has 0 saturated heterocycles. The van der Waals surface area contributed by atoms with Crippen LogP contribution in [0.15, 0.2) is 40.9 Å². The lowest BCUT2D eigenvalue weighted by Gasteiger charge is -2.17. The summed E-state index contributed by atoms with van der Waals surface area (Å²) in [7, 11) is 0. The zero-order chi connectivity index (χ0) is 21.7. The van der Waals surface area contributed by atoms with Crippen LogP contribution in [-0.4, -0.2) is 16.0 Å². The highest BCUT2D eigenvalue weighted by atomic mass is 35.5. The van der Waals surface area contributed by atoms with Gasteiger partial charge < -0.3 is 15.0 Å². The Bertz CT molecular complexity index is 1020. The molecule has 1 unspecified atom stereocenters. The standard InChI is InChI=1S/C21H20ClF2N3O3/c1-2-3-4-5-16(29-15-11-10-14(23)17(18(15)24)19(25)28)21-26-20(27-30-21)12-6-8-13(22)9-7-12/h6-11,16H,2-5H2,1H3,(H2,25,28). The number of nitrogens with two attached hydrogens (primary N) is 1. The van der Waals surface area contributed by atoms with Crippen molar-refractivity contribution in [3.05, 3.63) is 64.5 Å². The van der Waals surface area contributed by atoms with Crippen LogP contribution in [0, 0.1) is 11.6 Å². The summed E-state index contributed by atoms with van der Waals surface area (Å²) >= 11 is 5.90. The van der Waals surface area contributed by atoms with E-state index in [0.29, 0.717) is 22.8 Å². The highest BCUT2D eigenvalue weighted by Crippen LogP contribution is 2.31. The molecule has 1 heterocycles. The van der Waals surface area contributed by atoms with Crippen LogP contribution in [-0.2, 0) is 0 Å². The molecule has 0 saturated carbocycles. The fourth-order valence-corrected chi connectivity index (χ4v) is 3.02. The maximum Gasteiger partial charge on any atom is 0.268 e. The second kappa shape index (κ2) is 9.67. The smallest absolute Gasteiger partial charge is 0.268 e. The maximum atomic E-state index is 14.6. The van der Waals surface area contributed by atoms with Gasteiger partial charge in [0.15, 0.2) is 17.7 Å².